The molecule has 0 radical (unpaired) electrons. The van der Waals surface area contributed by atoms with E-state index in [9.17, 15) is 9.90 Å². The Kier molecular flexibility index (Phi) is 8.11. The van der Waals surface area contributed by atoms with Crippen molar-refractivity contribution in [2.75, 3.05) is 26.7 Å². The molecule has 1 rings (SSSR count). The lowest BCUT2D eigenvalue weighted by atomic mass is 9.91. The number of aliphatic hydroxyl groups is 1. The van der Waals surface area contributed by atoms with E-state index in [-0.39, 0.29) is 24.2 Å². The van der Waals surface area contributed by atoms with Crippen molar-refractivity contribution in [1.82, 2.24) is 10.2 Å². The Morgan fingerprint density at radius 2 is 2.10 bits per heavy atom. The van der Waals surface area contributed by atoms with Crippen LogP contribution in [0.3, 0.4) is 0 Å². The largest absolute Gasteiger partial charge is 0.391 e. The number of hydrogen-bond acceptors (Lipinski definition) is 4. The Morgan fingerprint density at radius 3 is 2.75 bits per heavy atom. The number of nitrogens with zero attached hydrogens (tertiary/aromatic N) is 1. The molecule has 1 aliphatic rings. The van der Waals surface area contributed by atoms with Gasteiger partial charge in [-0.1, -0.05) is 12.8 Å². The second kappa shape index (κ2) is 9.32. The minimum absolute atomic E-state index is 0.0230. The van der Waals surface area contributed by atoms with Gasteiger partial charge in [-0.3, -0.25) is 9.69 Å². The first-order valence-corrected chi connectivity index (χ1v) is 7.77. The molecular weight excluding hydrogens is 256 g/mol. The van der Waals surface area contributed by atoms with Crippen molar-refractivity contribution in [1.29, 1.82) is 0 Å². The highest BCUT2D eigenvalue weighted by atomic mass is 16.5. The Balaban J connectivity index is 2.14. The van der Waals surface area contributed by atoms with Crippen LogP contribution in [0.15, 0.2) is 0 Å². The molecule has 118 valence electrons. The summed E-state index contributed by atoms with van der Waals surface area (Å²) in [6.07, 6.45) is 4.84. The highest BCUT2D eigenvalue weighted by Crippen LogP contribution is 2.21. The van der Waals surface area contributed by atoms with E-state index in [0.29, 0.717) is 19.7 Å². The van der Waals surface area contributed by atoms with E-state index in [2.05, 4.69) is 5.32 Å². The van der Waals surface area contributed by atoms with Gasteiger partial charge in [0, 0.05) is 19.2 Å². The van der Waals surface area contributed by atoms with Crippen LogP contribution in [0.25, 0.3) is 0 Å². The zero-order valence-electron chi connectivity index (χ0n) is 13.1. The predicted molar refractivity (Wildman–Crippen MR) is 79.6 cm³/mol. The smallest absolute Gasteiger partial charge is 0.234 e. The predicted octanol–water partition coefficient (Wildman–Crippen LogP) is 1.15. The van der Waals surface area contributed by atoms with Crippen molar-refractivity contribution in [3.63, 3.8) is 0 Å². The fourth-order valence-electron chi connectivity index (χ4n) is 2.62. The van der Waals surface area contributed by atoms with Crippen molar-refractivity contribution in [3.05, 3.63) is 0 Å². The molecule has 1 aliphatic carbocycles. The third-order valence-corrected chi connectivity index (χ3v) is 3.75. The van der Waals surface area contributed by atoms with Crippen molar-refractivity contribution in [2.45, 2.75) is 64.2 Å². The molecule has 5 nitrogen and oxygen atoms in total. The van der Waals surface area contributed by atoms with Gasteiger partial charge in [0.05, 0.1) is 18.8 Å². The molecule has 2 unspecified atom stereocenters. The van der Waals surface area contributed by atoms with E-state index in [4.69, 9.17) is 4.74 Å². The molecule has 0 aromatic heterocycles. The van der Waals surface area contributed by atoms with Crippen LogP contribution in [0.4, 0.5) is 0 Å². The molecule has 1 amide bonds. The fraction of sp³-hybridized carbons (Fsp3) is 0.933. The number of rotatable bonds is 8. The number of likely N-dealkylation sites (N-methyl/N-ethyl adjacent to an activating group) is 1. The number of hydrogen-bond donors (Lipinski definition) is 2. The standard InChI is InChI=1S/C15H30N2O3/c1-12(2)20-10-6-9-16-15(19)11-17(3)13-7-4-5-8-14(13)18/h12-14,18H,4-11H2,1-3H3,(H,16,19). The van der Waals surface area contributed by atoms with Gasteiger partial charge in [0.15, 0.2) is 0 Å². The zero-order valence-corrected chi connectivity index (χ0v) is 13.1. The normalized spacial score (nSPS) is 23.3. The van der Waals surface area contributed by atoms with Gasteiger partial charge in [-0.25, -0.2) is 0 Å². The van der Waals surface area contributed by atoms with E-state index in [0.717, 1.165) is 32.1 Å². The summed E-state index contributed by atoms with van der Waals surface area (Å²) in [5, 5.41) is 12.9. The molecule has 0 aliphatic heterocycles. The minimum Gasteiger partial charge on any atom is -0.391 e. The molecule has 0 saturated heterocycles. The SMILES string of the molecule is CC(C)OCCCNC(=O)CN(C)C1CCCCC1O. The highest BCUT2D eigenvalue weighted by Gasteiger charge is 2.27. The third kappa shape index (κ3) is 6.68. The van der Waals surface area contributed by atoms with E-state index >= 15 is 0 Å². The minimum atomic E-state index is -0.291. The lowest BCUT2D eigenvalue weighted by molar-refractivity contribution is -0.123. The van der Waals surface area contributed by atoms with Gasteiger partial charge in [0.25, 0.3) is 0 Å². The second-order valence-electron chi connectivity index (χ2n) is 5.96. The Hall–Kier alpha value is -0.650. The number of ether oxygens (including phenoxy) is 1. The van der Waals surface area contributed by atoms with Crippen molar-refractivity contribution >= 4 is 5.91 Å². The number of carbonyl (C=O) groups is 1. The van der Waals surface area contributed by atoms with Gasteiger partial charge < -0.3 is 15.2 Å². The monoisotopic (exact) mass is 286 g/mol. The first-order valence-electron chi connectivity index (χ1n) is 7.77. The number of carbonyl (C=O) groups excluding carboxylic acids is 1. The number of amides is 1. The quantitative estimate of drug-likeness (QED) is 0.657. The van der Waals surface area contributed by atoms with Gasteiger partial charge >= 0.3 is 0 Å². The van der Waals surface area contributed by atoms with Crippen LogP contribution in [0.1, 0.15) is 46.0 Å². The van der Waals surface area contributed by atoms with Crippen LogP contribution in [0, 0.1) is 0 Å². The summed E-state index contributed by atoms with van der Waals surface area (Å²) in [5.41, 5.74) is 0. The maximum absolute atomic E-state index is 11.8. The first-order chi connectivity index (χ1) is 9.50. The van der Waals surface area contributed by atoms with Crippen molar-refractivity contribution < 1.29 is 14.6 Å². The molecule has 20 heavy (non-hydrogen) atoms. The average Bonchev–Trinajstić information content (AvgIpc) is 2.38. The molecule has 0 bridgehead atoms. The lowest BCUT2D eigenvalue weighted by Gasteiger charge is -2.34. The second-order valence-corrected chi connectivity index (χ2v) is 5.96. The van der Waals surface area contributed by atoms with Gasteiger partial charge in [-0.2, -0.15) is 0 Å². The molecule has 0 aromatic rings. The molecule has 1 fully saturated rings. The van der Waals surface area contributed by atoms with Crippen molar-refractivity contribution in [2.24, 2.45) is 0 Å². The maximum atomic E-state index is 11.8. The van der Waals surface area contributed by atoms with Crippen LogP contribution in [-0.4, -0.2) is 60.9 Å². The molecule has 1 saturated carbocycles. The summed E-state index contributed by atoms with van der Waals surface area (Å²) < 4.78 is 5.42. The van der Waals surface area contributed by atoms with Crippen LogP contribution in [-0.2, 0) is 9.53 Å². The van der Waals surface area contributed by atoms with E-state index in [1.54, 1.807) is 0 Å². The Bertz CT molecular complexity index is 284. The Morgan fingerprint density at radius 1 is 1.40 bits per heavy atom. The summed E-state index contributed by atoms with van der Waals surface area (Å²) in [7, 11) is 1.92. The van der Waals surface area contributed by atoms with Gasteiger partial charge in [-0.15, -0.1) is 0 Å². The molecule has 0 aromatic carbocycles. The summed E-state index contributed by atoms with van der Waals surface area (Å²) in [6, 6.07) is 0.124. The maximum Gasteiger partial charge on any atom is 0.234 e. The van der Waals surface area contributed by atoms with Gasteiger partial charge in [-0.05, 0) is 40.2 Å². The van der Waals surface area contributed by atoms with Crippen LogP contribution in [0.5, 0.6) is 0 Å². The zero-order chi connectivity index (χ0) is 15.0. The van der Waals surface area contributed by atoms with E-state index in [1.165, 1.54) is 0 Å². The third-order valence-electron chi connectivity index (χ3n) is 3.75. The number of nitrogens with one attached hydrogen (secondary N) is 1. The summed E-state index contributed by atoms with van der Waals surface area (Å²) in [6.45, 7) is 5.68. The summed E-state index contributed by atoms with van der Waals surface area (Å²) in [4.78, 5) is 13.8. The van der Waals surface area contributed by atoms with Crippen molar-refractivity contribution in [3.8, 4) is 0 Å². The van der Waals surface area contributed by atoms with Gasteiger partial charge in [0.1, 0.15) is 0 Å². The van der Waals surface area contributed by atoms with E-state index < -0.39 is 0 Å². The molecule has 5 heteroatoms. The van der Waals surface area contributed by atoms with Crippen LogP contribution >= 0.6 is 0 Å². The van der Waals surface area contributed by atoms with Gasteiger partial charge in [0.2, 0.25) is 5.91 Å². The molecule has 2 atom stereocenters. The molecule has 0 heterocycles. The lowest BCUT2D eigenvalue weighted by Crippen LogP contribution is -2.47. The molecular formula is C15H30N2O3. The topological polar surface area (TPSA) is 61.8 Å². The average molecular weight is 286 g/mol. The molecule has 2 N–H and O–H groups in total. The first kappa shape index (κ1) is 17.4. The number of aliphatic hydroxyl groups excluding tert-OH is 1. The van der Waals surface area contributed by atoms with Crippen LogP contribution < -0.4 is 5.32 Å². The Labute approximate surface area is 122 Å². The van der Waals surface area contributed by atoms with Crippen LogP contribution in [0.2, 0.25) is 0 Å². The summed E-state index contributed by atoms with van der Waals surface area (Å²) >= 11 is 0. The fourth-order valence-corrected chi connectivity index (χ4v) is 2.62. The molecule has 0 spiro atoms. The highest BCUT2D eigenvalue weighted by molar-refractivity contribution is 5.77. The summed E-state index contributed by atoms with van der Waals surface area (Å²) in [5.74, 6) is 0.0230. The van der Waals surface area contributed by atoms with E-state index in [1.807, 2.05) is 25.8 Å².